The number of nitrogens with zero attached hydrogens (tertiary/aromatic N) is 3. The molecule has 3 rings (SSSR count). The molecule has 1 aromatic heterocycles. The second-order valence-electron chi connectivity index (χ2n) is 5.72. The number of hydrogen-bond donors (Lipinski definition) is 1. The minimum atomic E-state index is 0.440. The Morgan fingerprint density at radius 3 is 2.67 bits per heavy atom. The van der Waals surface area contributed by atoms with Crippen LogP contribution >= 0.6 is 28.1 Å². The highest BCUT2D eigenvalue weighted by atomic mass is 79.9. The van der Waals surface area contributed by atoms with Crippen molar-refractivity contribution in [2.75, 3.05) is 14.2 Å². The van der Waals surface area contributed by atoms with Crippen LogP contribution in [0.25, 0.3) is 0 Å². The molecule has 140 valence electrons. The number of ether oxygens (including phenoxy) is 2. The van der Waals surface area contributed by atoms with Crippen molar-refractivity contribution >= 4 is 34.4 Å². The first-order valence-corrected chi connectivity index (χ1v) is 9.48. The summed E-state index contributed by atoms with van der Waals surface area (Å²) in [5.41, 5.74) is 2.00. The van der Waals surface area contributed by atoms with E-state index >= 15 is 0 Å². The number of halogens is 1. The summed E-state index contributed by atoms with van der Waals surface area (Å²) < 4.78 is 13.8. The number of rotatable bonds is 7. The van der Waals surface area contributed by atoms with E-state index in [0.29, 0.717) is 22.7 Å². The maximum absolute atomic E-state index is 5.46. The summed E-state index contributed by atoms with van der Waals surface area (Å²) in [4.78, 5) is 0. The molecule has 0 atom stereocenters. The van der Waals surface area contributed by atoms with Gasteiger partial charge in [-0.3, -0.25) is 5.10 Å². The van der Waals surface area contributed by atoms with Gasteiger partial charge in [0.15, 0.2) is 17.3 Å². The minimum absolute atomic E-state index is 0.440. The third-order valence-electron chi connectivity index (χ3n) is 3.98. The van der Waals surface area contributed by atoms with Crippen molar-refractivity contribution in [2.45, 2.75) is 12.8 Å². The molecule has 0 aliphatic rings. The summed E-state index contributed by atoms with van der Waals surface area (Å²) in [6, 6.07) is 14.0. The van der Waals surface area contributed by atoms with Gasteiger partial charge in [-0.2, -0.15) is 14.9 Å². The van der Waals surface area contributed by atoms with Crippen LogP contribution in [-0.4, -0.2) is 35.3 Å². The number of nitrogens with one attached hydrogen (secondary N) is 1. The zero-order chi connectivity index (χ0) is 19.2. The molecule has 0 radical (unpaired) electrons. The average molecular weight is 447 g/mol. The number of aromatic nitrogens is 3. The number of benzene rings is 2. The summed E-state index contributed by atoms with van der Waals surface area (Å²) in [7, 11) is 3.19. The molecule has 0 aliphatic carbocycles. The predicted octanol–water partition coefficient (Wildman–Crippen LogP) is 4.39. The lowest BCUT2D eigenvalue weighted by molar-refractivity contribution is 0.354. The number of H-pyrrole nitrogens is 1. The maximum atomic E-state index is 5.46. The number of aryl methyl sites for hydroxylation is 2. The normalized spacial score (nSPS) is 11.1. The van der Waals surface area contributed by atoms with Crippen LogP contribution < -0.4 is 9.47 Å². The van der Waals surface area contributed by atoms with Crippen molar-refractivity contribution in [3.05, 3.63) is 68.7 Å². The van der Waals surface area contributed by atoms with E-state index in [1.165, 1.54) is 5.56 Å². The van der Waals surface area contributed by atoms with E-state index in [1.54, 1.807) is 25.1 Å². The maximum Gasteiger partial charge on any atom is 0.216 e. The van der Waals surface area contributed by atoms with E-state index in [1.807, 2.05) is 30.3 Å². The Labute approximate surface area is 171 Å². The largest absolute Gasteiger partial charge is 0.493 e. The van der Waals surface area contributed by atoms with Gasteiger partial charge < -0.3 is 9.47 Å². The van der Waals surface area contributed by atoms with Crippen molar-refractivity contribution in [3.8, 4) is 11.5 Å². The van der Waals surface area contributed by atoms with Gasteiger partial charge in [0, 0.05) is 16.5 Å². The standard InChI is InChI=1S/C19H19BrN4O2S/c1-25-16-11-15(20)10-14(18(16)26-2)12-21-24-17(22-23-19(24)27)9-8-13-6-4-3-5-7-13/h3-7,10-12H,8-9H2,1-2H3,(H,23,27)/b21-12-. The molecule has 0 fully saturated rings. The monoisotopic (exact) mass is 446 g/mol. The third kappa shape index (κ3) is 4.64. The number of aromatic amines is 1. The van der Waals surface area contributed by atoms with Crippen molar-refractivity contribution in [1.29, 1.82) is 0 Å². The minimum Gasteiger partial charge on any atom is -0.493 e. The van der Waals surface area contributed by atoms with Gasteiger partial charge in [0.05, 0.1) is 20.4 Å². The Kier molecular flexibility index (Phi) is 6.41. The first-order chi connectivity index (χ1) is 13.1. The topological polar surface area (TPSA) is 64.4 Å². The Bertz CT molecular complexity index is 999. The van der Waals surface area contributed by atoms with Crippen LogP contribution in [0.1, 0.15) is 17.0 Å². The Balaban J connectivity index is 1.87. The fraction of sp³-hybridized carbons (Fsp3) is 0.211. The fourth-order valence-corrected chi connectivity index (χ4v) is 3.33. The molecule has 0 spiro atoms. The predicted molar refractivity (Wildman–Crippen MR) is 111 cm³/mol. The molecule has 0 saturated heterocycles. The van der Waals surface area contributed by atoms with Gasteiger partial charge in [0.1, 0.15) is 0 Å². The lowest BCUT2D eigenvalue weighted by Gasteiger charge is -2.11. The van der Waals surface area contributed by atoms with Crippen LogP contribution in [0.5, 0.6) is 11.5 Å². The fourth-order valence-electron chi connectivity index (χ4n) is 2.68. The molecule has 8 heteroatoms. The van der Waals surface area contributed by atoms with Crippen molar-refractivity contribution < 1.29 is 9.47 Å². The lowest BCUT2D eigenvalue weighted by atomic mass is 10.1. The average Bonchev–Trinajstić information content (AvgIpc) is 3.04. The molecule has 1 heterocycles. The first kappa shape index (κ1) is 19.3. The van der Waals surface area contributed by atoms with Gasteiger partial charge in [0.2, 0.25) is 4.77 Å². The number of hydrogen-bond acceptors (Lipinski definition) is 5. The van der Waals surface area contributed by atoms with Gasteiger partial charge in [-0.15, -0.1) is 0 Å². The second kappa shape index (κ2) is 8.96. The lowest BCUT2D eigenvalue weighted by Crippen LogP contribution is -2.02. The van der Waals surface area contributed by atoms with Crippen molar-refractivity contribution in [1.82, 2.24) is 14.9 Å². The van der Waals surface area contributed by atoms with Gasteiger partial charge >= 0.3 is 0 Å². The van der Waals surface area contributed by atoms with Crippen LogP contribution in [0, 0.1) is 4.77 Å². The van der Waals surface area contributed by atoms with Crippen molar-refractivity contribution in [3.63, 3.8) is 0 Å². The molecule has 6 nitrogen and oxygen atoms in total. The highest BCUT2D eigenvalue weighted by Crippen LogP contribution is 2.33. The van der Waals surface area contributed by atoms with Crippen LogP contribution in [-0.2, 0) is 12.8 Å². The number of methoxy groups -OCH3 is 2. The Hall–Kier alpha value is -2.45. The highest BCUT2D eigenvalue weighted by Gasteiger charge is 2.11. The Morgan fingerprint density at radius 1 is 1.19 bits per heavy atom. The molecular formula is C19H19BrN4O2S. The van der Waals surface area contributed by atoms with Gasteiger partial charge in [-0.05, 0) is 36.3 Å². The highest BCUT2D eigenvalue weighted by molar-refractivity contribution is 9.10. The zero-order valence-electron chi connectivity index (χ0n) is 15.0. The third-order valence-corrected chi connectivity index (χ3v) is 4.70. The molecule has 0 aliphatic heterocycles. The molecule has 1 N–H and O–H groups in total. The zero-order valence-corrected chi connectivity index (χ0v) is 17.4. The van der Waals surface area contributed by atoms with E-state index < -0.39 is 0 Å². The van der Waals surface area contributed by atoms with E-state index in [9.17, 15) is 0 Å². The molecule has 0 amide bonds. The van der Waals surface area contributed by atoms with E-state index in [2.05, 4.69) is 43.4 Å². The Morgan fingerprint density at radius 2 is 1.96 bits per heavy atom. The van der Waals surface area contributed by atoms with Gasteiger partial charge in [-0.25, -0.2) is 0 Å². The molecule has 2 aromatic carbocycles. The van der Waals surface area contributed by atoms with Crippen molar-refractivity contribution in [2.24, 2.45) is 5.10 Å². The quantitative estimate of drug-likeness (QED) is 0.431. The van der Waals surface area contributed by atoms with Crippen LogP contribution in [0.4, 0.5) is 0 Å². The smallest absolute Gasteiger partial charge is 0.216 e. The molecule has 0 bridgehead atoms. The SMILES string of the molecule is COc1cc(Br)cc(/C=N\n2c(CCc3ccccc3)n[nH]c2=S)c1OC. The molecule has 0 unspecified atom stereocenters. The van der Waals surface area contributed by atoms with Crippen LogP contribution in [0.3, 0.4) is 0 Å². The summed E-state index contributed by atoms with van der Waals surface area (Å²) in [5.74, 6) is 1.99. The summed E-state index contributed by atoms with van der Waals surface area (Å²) >= 11 is 8.79. The molecule has 27 heavy (non-hydrogen) atoms. The first-order valence-electron chi connectivity index (χ1n) is 8.28. The molecule has 3 aromatic rings. The summed E-state index contributed by atoms with van der Waals surface area (Å²) in [6.07, 6.45) is 3.25. The van der Waals surface area contributed by atoms with E-state index in [0.717, 1.165) is 22.3 Å². The van der Waals surface area contributed by atoms with Gasteiger partial charge in [-0.1, -0.05) is 46.3 Å². The second-order valence-corrected chi connectivity index (χ2v) is 7.02. The molecular weight excluding hydrogens is 428 g/mol. The summed E-state index contributed by atoms with van der Waals surface area (Å²) in [6.45, 7) is 0. The van der Waals surface area contributed by atoms with Gasteiger partial charge in [0.25, 0.3) is 0 Å². The van der Waals surface area contributed by atoms with Crippen LogP contribution in [0.2, 0.25) is 0 Å². The van der Waals surface area contributed by atoms with E-state index in [4.69, 9.17) is 21.7 Å². The summed E-state index contributed by atoms with van der Waals surface area (Å²) in [5, 5.41) is 11.6. The van der Waals surface area contributed by atoms with E-state index in [-0.39, 0.29) is 0 Å². The molecule has 0 saturated carbocycles. The van der Waals surface area contributed by atoms with Crippen LogP contribution in [0.15, 0.2) is 52.0 Å².